The van der Waals surface area contributed by atoms with Crippen LogP contribution in [0.3, 0.4) is 0 Å². The Balaban J connectivity index is 1.29. The molecule has 7 heteroatoms. The molecule has 36 heavy (non-hydrogen) atoms. The molecule has 1 fully saturated rings. The molecule has 0 N–H and O–H groups in total. The van der Waals surface area contributed by atoms with Crippen LogP contribution in [0.1, 0.15) is 21.6 Å². The van der Waals surface area contributed by atoms with Crippen molar-refractivity contribution in [1.29, 1.82) is 0 Å². The first kappa shape index (κ1) is 23.8. The lowest BCUT2D eigenvalue weighted by Crippen LogP contribution is -2.49. The van der Waals surface area contributed by atoms with Crippen LogP contribution in [0, 0.1) is 0 Å². The van der Waals surface area contributed by atoms with Crippen molar-refractivity contribution >= 4 is 16.7 Å². The van der Waals surface area contributed by atoms with Crippen LogP contribution in [0.15, 0.2) is 83.7 Å². The standard InChI is InChI=1S/C29H30N4O3/c1-36-24-13-11-22(12-14-24)15-16-31-17-19-32(20-18-31)29(35)27-25-9-5-6-10-26(25)28(34)33(30-27)21-23-7-3-2-4-8-23/h2-14H,15-21H2,1H3. The molecule has 0 atom stereocenters. The number of hydrogen-bond acceptors (Lipinski definition) is 5. The lowest BCUT2D eigenvalue weighted by atomic mass is 10.1. The molecule has 7 nitrogen and oxygen atoms in total. The Kier molecular flexibility index (Phi) is 7.09. The van der Waals surface area contributed by atoms with E-state index in [9.17, 15) is 9.59 Å². The van der Waals surface area contributed by atoms with E-state index < -0.39 is 0 Å². The Morgan fingerprint density at radius 3 is 2.19 bits per heavy atom. The summed E-state index contributed by atoms with van der Waals surface area (Å²) < 4.78 is 6.65. The number of aromatic nitrogens is 2. The van der Waals surface area contributed by atoms with E-state index in [1.54, 1.807) is 13.2 Å². The van der Waals surface area contributed by atoms with Crippen molar-refractivity contribution < 1.29 is 9.53 Å². The van der Waals surface area contributed by atoms with Crippen molar-refractivity contribution in [2.75, 3.05) is 39.8 Å². The lowest BCUT2D eigenvalue weighted by molar-refractivity contribution is 0.0632. The summed E-state index contributed by atoms with van der Waals surface area (Å²) in [4.78, 5) is 30.9. The molecular weight excluding hydrogens is 452 g/mol. The van der Waals surface area contributed by atoms with Gasteiger partial charge < -0.3 is 9.64 Å². The van der Waals surface area contributed by atoms with Gasteiger partial charge in [0.25, 0.3) is 11.5 Å². The normalized spacial score (nSPS) is 14.2. The predicted octanol–water partition coefficient (Wildman–Crippen LogP) is 3.45. The number of carbonyl (C=O) groups is 1. The zero-order chi connectivity index (χ0) is 24.9. The molecule has 0 unspecified atom stereocenters. The van der Waals surface area contributed by atoms with Gasteiger partial charge in [0.2, 0.25) is 0 Å². The lowest BCUT2D eigenvalue weighted by Gasteiger charge is -2.34. The first-order valence-corrected chi connectivity index (χ1v) is 12.3. The molecule has 0 radical (unpaired) electrons. The molecule has 5 rings (SSSR count). The van der Waals surface area contributed by atoms with Gasteiger partial charge in [-0.15, -0.1) is 0 Å². The molecule has 4 aromatic rings. The van der Waals surface area contributed by atoms with Crippen LogP contribution in [-0.2, 0) is 13.0 Å². The topological polar surface area (TPSA) is 67.7 Å². The van der Waals surface area contributed by atoms with E-state index >= 15 is 0 Å². The van der Waals surface area contributed by atoms with Gasteiger partial charge in [0.15, 0.2) is 5.69 Å². The van der Waals surface area contributed by atoms with Crippen molar-refractivity contribution in [3.63, 3.8) is 0 Å². The molecule has 1 aliphatic rings. The number of benzene rings is 3. The molecule has 184 valence electrons. The number of methoxy groups -OCH3 is 1. The van der Waals surface area contributed by atoms with E-state index in [1.165, 1.54) is 10.2 Å². The Hall–Kier alpha value is -3.97. The monoisotopic (exact) mass is 482 g/mol. The second-order valence-corrected chi connectivity index (χ2v) is 9.07. The number of ether oxygens (including phenoxy) is 1. The van der Waals surface area contributed by atoms with Crippen LogP contribution in [0.4, 0.5) is 0 Å². The maximum Gasteiger partial charge on any atom is 0.275 e. The van der Waals surface area contributed by atoms with E-state index in [-0.39, 0.29) is 11.5 Å². The van der Waals surface area contributed by atoms with Gasteiger partial charge in [0, 0.05) is 38.1 Å². The summed E-state index contributed by atoms with van der Waals surface area (Å²) in [7, 11) is 1.67. The van der Waals surface area contributed by atoms with Gasteiger partial charge in [-0.3, -0.25) is 14.5 Å². The average molecular weight is 483 g/mol. The van der Waals surface area contributed by atoms with Crippen molar-refractivity contribution in [2.24, 2.45) is 0 Å². The van der Waals surface area contributed by atoms with Gasteiger partial charge in [0.05, 0.1) is 19.0 Å². The minimum Gasteiger partial charge on any atom is -0.497 e. The average Bonchev–Trinajstić information content (AvgIpc) is 2.94. The quantitative estimate of drug-likeness (QED) is 0.404. The highest BCUT2D eigenvalue weighted by Gasteiger charge is 2.25. The summed E-state index contributed by atoms with van der Waals surface area (Å²) in [6.45, 7) is 4.15. The summed E-state index contributed by atoms with van der Waals surface area (Å²) in [5, 5.41) is 5.70. The fourth-order valence-corrected chi connectivity index (χ4v) is 4.66. The van der Waals surface area contributed by atoms with Crippen LogP contribution < -0.4 is 10.3 Å². The number of fused-ring (bicyclic) bond motifs is 1. The number of amides is 1. The van der Waals surface area contributed by atoms with Crippen LogP contribution in [0.5, 0.6) is 5.75 Å². The molecular formula is C29H30N4O3. The Labute approximate surface area is 210 Å². The zero-order valence-corrected chi connectivity index (χ0v) is 20.5. The Morgan fingerprint density at radius 2 is 1.50 bits per heavy atom. The number of nitrogens with zero attached hydrogens (tertiary/aromatic N) is 4. The molecule has 3 aromatic carbocycles. The number of rotatable bonds is 7. The van der Waals surface area contributed by atoms with Crippen molar-refractivity contribution in [2.45, 2.75) is 13.0 Å². The highest BCUT2D eigenvalue weighted by atomic mass is 16.5. The smallest absolute Gasteiger partial charge is 0.275 e. The maximum atomic E-state index is 13.6. The van der Waals surface area contributed by atoms with Gasteiger partial charge >= 0.3 is 0 Å². The van der Waals surface area contributed by atoms with E-state index in [2.05, 4.69) is 22.1 Å². The molecule has 0 bridgehead atoms. The summed E-state index contributed by atoms with van der Waals surface area (Å²) >= 11 is 0. The minimum atomic E-state index is -0.186. The Bertz CT molecular complexity index is 1390. The molecule has 1 aromatic heterocycles. The van der Waals surface area contributed by atoms with E-state index in [1.807, 2.05) is 65.6 Å². The molecule has 0 aliphatic carbocycles. The van der Waals surface area contributed by atoms with Crippen molar-refractivity contribution in [1.82, 2.24) is 19.6 Å². The minimum absolute atomic E-state index is 0.122. The van der Waals surface area contributed by atoms with Crippen LogP contribution >= 0.6 is 0 Å². The highest BCUT2D eigenvalue weighted by molar-refractivity contribution is 6.04. The van der Waals surface area contributed by atoms with Crippen LogP contribution in [-0.4, -0.2) is 65.3 Å². The number of piperazine rings is 1. The number of carbonyl (C=O) groups excluding carboxylic acids is 1. The molecule has 0 spiro atoms. The first-order valence-electron chi connectivity index (χ1n) is 12.3. The largest absolute Gasteiger partial charge is 0.497 e. The van der Waals surface area contributed by atoms with Gasteiger partial charge in [-0.1, -0.05) is 60.7 Å². The van der Waals surface area contributed by atoms with Gasteiger partial charge in [-0.05, 0) is 35.7 Å². The first-order chi connectivity index (χ1) is 17.6. The summed E-state index contributed by atoms with van der Waals surface area (Å²) in [5.41, 5.74) is 2.39. The maximum absolute atomic E-state index is 13.6. The van der Waals surface area contributed by atoms with Gasteiger partial charge in [-0.25, -0.2) is 4.68 Å². The third kappa shape index (κ3) is 5.16. The molecule has 1 aliphatic heterocycles. The van der Waals surface area contributed by atoms with E-state index in [4.69, 9.17) is 4.74 Å². The summed E-state index contributed by atoms with van der Waals surface area (Å²) in [5.74, 6) is 0.741. The number of hydrogen-bond donors (Lipinski definition) is 0. The van der Waals surface area contributed by atoms with Crippen LogP contribution in [0.25, 0.3) is 10.8 Å². The van der Waals surface area contributed by atoms with E-state index in [0.717, 1.165) is 37.4 Å². The molecule has 0 saturated carbocycles. The fourth-order valence-electron chi connectivity index (χ4n) is 4.66. The summed E-state index contributed by atoms with van der Waals surface area (Å²) in [6, 6.07) is 25.1. The molecule has 2 heterocycles. The van der Waals surface area contributed by atoms with Crippen molar-refractivity contribution in [3.05, 3.63) is 106 Å². The van der Waals surface area contributed by atoms with Gasteiger partial charge in [-0.2, -0.15) is 5.10 Å². The molecule has 1 amide bonds. The highest BCUT2D eigenvalue weighted by Crippen LogP contribution is 2.18. The van der Waals surface area contributed by atoms with Crippen molar-refractivity contribution in [3.8, 4) is 5.75 Å². The molecule has 1 saturated heterocycles. The zero-order valence-electron chi connectivity index (χ0n) is 20.5. The second kappa shape index (κ2) is 10.7. The van der Waals surface area contributed by atoms with E-state index in [0.29, 0.717) is 36.1 Å². The SMILES string of the molecule is COc1ccc(CCN2CCN(C(=O)c3nn(Cc4ccccc4)c(=O)c4ccccc34)CC2)cc1. The predicted molar refractivity (Wildman–Crippen MR) is 141 cm³/mol. The fraction of sp³-hybridized carbons (Fsp3) is 0.276. The summed E-state index contributed by atoms with van der Waals surface area (Å²) in [6.07, 6.45) is 0.953. The third-order valence-electron chi connectivity index (χ3n) is 6.78. The van der Waals surface area contributed by atoms with Crippen LogP contribution in [0.2, 0.25) is 0 Å². The Morgan fingerprint density at radius 1 is 0.833 bits per heavy atom. The second-order valence-electron chi connectivity index (χ2n) is 9.07. The third-order valence-corrected chi connectivity index (χ3v) is 6.78. The van der Waals surface area contributed by atoms with Gasteiger partial charge in [0.1, 0.15) is 5.75 Å².